The molecule has 0 fully saturated rings. The molecule has 1 aromatic heterocycles. The summed E-state index contributed by atoms with van der Waals surface area (Å²) < 4.78 is 0.410. The van der Waals surface area contributed by atoms with Crippen molar-refractivity contribution in [1.29, 1.82) is 0 Å². The van der Waals surface area contributed by atoms with E-state index in [1.165, 1.54) is 18.7 Å². The standard InChI is InChI=1S/C4H3N2O2/c7-3-4-5-1-2-6(4)8/h1-2,5H. The third-order valence-corrected chi connectivity index (χ3v) is 0.747. The van der Waals surface area contributed by atoms with Gasteiger partial charge in [0.2, 0.25) is 0 Å². The Morgan fingerprint density at radius 2 is 2.62 bits per heavy atom. The molecule has 0 bridgehead atoms. The van der Waals surface area contributed by atoms with Crippen molar-refractivity contribution in [3.8, 4) is 0 Å². The summed E-state index contributed by atoms with van der Waals surface area (Å²) in [5.41, 5.74) is 0. The molecule has 0 aliphatic rings. The molecule has 4 nitrogen and oxygen atoms in total. The molecule has 0 spiro atoms. The minimum absolute atomic E-state index is 0.0926. The van der Waals surface area contributed by atoms with Crippen molar-refractivity contribution in [1.82, 2.24) is 4.98 Å². The number of H-pyrrole nitrogens is 1. The Bertz CT molecular complexity index is 194. The van der Waals surface area contributed by atoms with Crippen LogP contribution in [0.2, 0.25) is 0 Å². The molecular formula is C4H3N2O2. The summed E-state index contributed by atoms with van der Waals surface area (Å²) in [5, 5.41) is 10.3. The van der Waals surface area contributed by atoms with Gasteiger partial charge in [0.05, 0.1) is 0 Å². The second-order valence-electron chi connectivity index (χ2n) is 1.24. The summed E-state index contributed by atoms with van der Waals surface area (Å²) in [7, 11) is 0. The molecule has 0 amide bonds. The maximum atomic E-state index is 10.3. The predicted molar refractivity (Wildman–Crippen MR) is 24.5 cm³/mol. The Hall–Kier alpha value is -1.32. The Labute approximate surface area is 45.3 Å². The highest BCUT2D eigenvalue weighted by Crippen LogP contribution is 1.74. The van der Waals surface area contributed by atoms with E-state index in [9.17, 15) is 10.0 Å². The van der Waals surface area contributed by atoms with Crippen molar-refractivity contribution in [2.24, 2.45) is 0 Å². The van der Waals surface area contributed by atoms with E-state index in [4.69, 9.17) is 0 Å². The van der Waals surface area contributed by atoms with Gasteiger partial charge in [-0.15, -0.1) is 0 Å². The molecule has 1 radical (unpaired) electrons. The van der Waals surface area contributed by atoms with Gasteiger partial charge in [0.1, 0.15) is 12.4 Å². The van der Waals surface area contributed by atoms with Crippen molar-refractivity contribution in [3.63, 3.8) is 0 Å². The van der Waals surface area contributed by atoms with E-state index < -0.39 is 0 Å². The van der Waals surface area contributed by atoms with Gasteiger partial charge in [0.15, 0.2) is 0 Å². The van der Waals surface area contributed by atoms with Crippen LogP contribution in [0.4, 0.5) is 0 Å². The smallest absolute Gasteiger partial charge is 0.335 e. The lowest BCUT2D eigenvalue weighted by Gasteiger charge is -1.90. The molecular weight excluding hydrogens is 108 g/mol. The average Bonchev–Trinajstić information content (AvgIpc) is 2.14. The zero-order chi connectivity index (χ0) is 5.98. The van der Waals surface area contributed by atoms with Gasteiger partial charge in [-0.3, -0.25) is 4.79 Å². The van der Waals surface area contributed by atoms with Crippen LogP contribution in [-0.4, -0.2) is 11.3 Å². The maximum absolute atomic E-state index is 10.3. The number of hydrogen-bond acceptors (Lipinski definition) is 2. The zero-order valence-electron chi connectivity index (χ0n) is 3.92. The molecule has 1 aromatic rings. The first-order valence-electron chi connectivity index (χ1n) is 1.99. The SMILES string of the molecule is O=[C]c1[nH]cc[n+]1[O-]. The highest BCUT2D eigenvalue weighted by atomic mass is 16.5. The molecule has 0 unspecified atom stereocenters. The number of carbonyl (C=O) groups excluding carboxylic acids is 1. The normalized spacial score (nSPS) is 9.00. The molecule has 4 heteroatoms. The molecule has 0 saturated carbocycles. The van der Waals surface area contributed by atoms with Crippen LogP contribution >= 0.6 is 0 Å². The second kappa shape index (κ2) is 1.65. The summed E-state index contributed by atoms with van der Waals surface area (Å²) in [6.07, 6.45) is 3.98. The summed E-state index contributed by atoms with van der Waals surface area (Å²) >= 11 is 0. The van der Waals surface area contributed by atoms with Gasteiger partial charge >= 0.3 is 12.1 Å². The molecule has 1 rings (SSSR count). The fourth-order valence-corrected chi connectivity index (χ4v) is 0.397. The molecule has 1 heterocycles. The van der Waals surface area contributed by atoms with Gasteiger partial charge in [-0.2, -0.15) is 0 Å². The van der Waals surface area contributed by atoms with Crippen LogP contribution < -0.4 is 4.73 Å². The molecule has 0 aromatic carbocycles. The number of nitrogens with one attached hydrogen (secondary N) is 1. The Morgan fingerprint density at radius 1 is 1.88 bits per heavy atom. The Balaban J connectivity index is 3.09. The molecule has 41 valence electrons. The summed E-state index contributed by atoms with van der Waals surface area (Å²) in [6, 6.07) is 0. The molecule has 8 heavy (non-hydrogen) atoms. The third kappa shape index (κ3) is 0.556. The van der Waals surface area contributed by atoms with Gasteiger partial charge in [0, 0.05) is 0 Å². The first-order valence-corrected chi connectivity index (χ1v) is 1.99. The molecule has 0 aliphatic carbocycles. The van der Waals surface area contributed by atoms with E-state index in [0.29, 0.717) is 4.73 Å². The number of aromatic amines is 1. The van der Waals surface area contributed by atoms with E-state index >= 15 is 0 Å². The van der Waals surface area contributed by atoms with Crippen LogP contribution in [0.25, 0.3) is 0 Å². The van der Waals surface area contributed by atoms with E-state index in [0.717, 1.165) is 0 Å². The van der Waals surface area contributed by atoms with E-state index in [-0.39, 0.29) is 5.82 Å². The maximum Gasteiger partial charge on any atom is 0.335 e. The van der Waals surface area contributed by atoms with Gasteiger partial charge in [-0.05, 0) is 0 Å². The van der Waals surface area contributed by atoms with Crippen LogP contribution in [-0.2, 0) is 4.79 Å². The fourth-order valence-electron chi connectivity index (χ4n) is 0.397. The molecule has 1 N–H and O–H groups in total. The Morgan fingerprint density at radius 3 is 2.88 bits per heavy atom. The van der Waals surface area contributed by atoms with Crippen LogP contribution in [0.1, 0.15) is 5.82 Å². The fraction of sp³-hybridized carbons (Fsp3) is 0. The van der Waals surface area contributed by atoms with E-state index in [2.05, 4.69) is 4.98 Å². The topological polar surface area (TPSA) is 59.8 Å². The largest absolute Gasteiger partial charge is 0.710 e. The lowest BCUT2D eigenvalue weighted by atomic mass is 10.7. The lowest BCUT2D eigenvalue weighted by Crippen LogP contribution is -2.27. The van der Waals surface area contributed by atoms with Crippen LogP contribution in [0, 0.1) is 5.21 Å². The highest BCUT2D eigenvalue weighted by molar-refractivity contribution is 5.67. The van der Waals surface area contributed by atoms with Crippen molar-refractivity contribution in [3.05, 3.63) is 23.4 Å². The van der Waals surface area contributed by atoms with Crippen molar-refractivity contribution in [2.45, 2.75) is 0 Å². The predicted octanol–water partition coefficient (Wildman–Crippen LogP) is -0.894. The van der Waals surface area contributed by atoms with Crippen molar-refractivity contribution >= 4 is 6.29 Å². The molecule has 0 saturated heterocycles. The third-order valence-electron chi connectivity index (χ3n) is 0.747. The monoisotopic (exact) mass is 111 g/mol. The quantitative estimate of drug-likeness (QED) is 0.377. The summed E-state index contributed by atoms with van der Waals surface area (Å²) in [6.45, 7) is 0. The van der Waals surface area contributed by atoms with E-state index in [1.807, 2.05) is 0 Å². The molecule has 0 atom stereocenters. The van der Waals surface area contributed by atoms with Crippen LogP contribution in [0.3, 0.4) is 0 Å². The first-order chi connectivity index (χ1) is 3.84. The number of hydrogen-bond donors (Lipinski definition) is 1. The van der Waals surface area contributed by atoms with Crippen LogP contribution in [0.5, 0.6) is 0 Å². The summed E-state index contributed by atoms with van der Waals surface area (Å²) in [5.74, 6) is -0.0926. The van der Waals surface area contributed by atoms with Gasteiger partial charge in [0.25, 0.3) is 0 Å². The van der Waals surface area contributed by atoms with Gasteiger partial charge in [-0.25, -0.2) is 9.71 Å². The second-order valence-corrected chi connectivity index (χ2v) is 1.24. The van der Waals surface area contributed by atoms with Gasteiger partial charge in [-0.1, -0.05) is 0 Å². The average molecular weight is 111 g/mol. The Kier molecular flexibility index (Phi) is 0.997. The highest BCUT2D eigenvalue weighted by Gasteiger charge is 1.99. The van der Waals surface area contributed by atoms with Crippen molar-refractivity contribution in [2.75, 3.05) is 0 Å². The lowest BCUT2D eigenvalue weighted by molar-refractivity contribution is -0.605. The minimum atomic E-state index is -0.0926. The number of aromatic nitrogens is 2. The minimum Gasteiger partial charge on any atom is -0.710 e. The first kappa shape index (κ1) is 4.83. The van der Waals surface area contributed by atoms with Crippen molar-refractivity contribution < 1.29 is 9.52 Å². The zero-order valence-corrected chi connectivity index (χ0v) is 3.92. The number of imidazole rings is 1. The number of nitrogens with zero attached hydrogens (tertiary/aromatic N) is 1. The summed E-state index contributed by atoms with van der Waals surface area (Å²) in [4.78, 5) is 12.1. The van der Waals surface area contributed by atoms with Gasteiger partial charge < -0.3 is 5.21 Å². The molecule has 0 aliphatic heterocycles. The van der Waals surface area contributed by atoms with Crippen LogP contribution in [0.15, 0.2) is 12.4 Å². The number of rotatable bonds is 1. The van der Waals surface area contributed by atoms with E-state index in [1.54, 1.807) is 0 Å².